The van der Waals surface area contributed by atoms with Crippen LogP contribution in [0.15, 0.2) is 49.1 Å². The van der Waals surface area contributed by atoms with Crippen molar-refractivity contribution < 1.29 is 14.6 Å². The minimum Gasteiger partial charge on any atom is -0.487 e. The predicted octanol–water partition coefficient (Wildman–Crippen LogP) is 4.40. The van der Waals surface area contributed by atoms with E-state index in [0.717, 1.165) is 37.2 Å². The summed E-state index contributed by atoms with van der Waals surface area (Å²) in [6.07, 6.45) is 4.81. The molecule has 2 aliphatic heterocycles. The van der Waals surface area contributed by atoms with Crippen molar-refractivity contribution in [1.82, 2.24) is 9.80 Å². The number of halogens is 2. The molecule has 2 heterocycles. The van der Waals surface area contributed by atoms with Gasteiger partial charge >= 0.3 is 0 Å². The Morgan fingerprint density at radius 3 is 2.89 bits per heavy atom. The van der Waals surface area contributed by atoms with Crippen molar-refractivity contribution in [2.45, 2.75) is 61.3 Å². The summed E-state index contributed by atoms with van der Waals surface area (Å²) in [5.41, 5.74) is 1.86. The highest BCUT2D eigenvalue weighted by Gasteiger charge is 2.72. The van der Waals surface area contributed by atoms with E-state index in [1.807, 2.05) is 36.2 Å². The Hall–Kier alpha value is -2.05. The third-order valence-corrected chi connectivity index (χ3v) is 9.77. The normalized spacial score (nSPS) is 32.5. The first-order chi connectivity index (χ1) is 16.8. The molecule has 0 aromatic heterocycles. The average Bonchev–Trinajstić information content (AvgIpc) is 3.17. The van der Waals surface area contributed by atoms with Crippen LogP contribution in [0.1, 0.15) is 36.0 Å². The summed E-state index contributed by atoms with van der Waals surface area (Å²) in [5.74, 6) is 0.880. The second-order valence-electron chi connectivity index (χ2n) is 10.5. The van der Waals surface area contributed by atoms with Crippen molar-refractivity contribution in [3.63, 3.8) is 0 Å². The molecule has 1 amide bonds. The van der Waals surface area contributed by atoms with Gasteiger partial charge in [-0.05, 0) is 61.6 Å². The van der Waals surface area contributed by atoms with Crippen LogP contribution in [0.4, 0.5) is 0 Å². The molecule has 2 bridgehead atoms. The minimum absolute atomic E-state index is 0.00598. The van der Waals surface area contributed by atoms with Crippen LogP contribution in [0, 0.1) is 0 Å². The van der Waals surface area contributed by atoms with Gasteiger partial charge in [-0.3, -0.25) is 9.69 Å². The second kappa shape index (κ2) is 8.24. The second-order valence-corrected chi connectivity index (χ2v) is 11.3. The van der Waals surface area contributed by atoms with Crippen LogP contribution >= 0.6 is 23.2 Å². The zero-order valence-electron chi connectivity index (χ0n) is 19.8. The van der Waals surface area contributed by atoms with Gasteiger partial charge in [-0.25, -0.2) is 0 Å². The van der Waals surface area contributed by atoms with Crippen molar-refractivity contribution in [3.05, 3.63) is 75.8 Å². The molecule has 7 heteroatoms. The molecule has 184 valence electrons. The minimum atomic E-state index is -0.900. The number of benzene rings is 2. The van der Waals surface area contributed by atoms with E-state index < -0.39 is 11.0 Å². The zero-order valence-corrected chi connectivity index (χ0v) is 21.4. The Morgan fingerprint density at radius 1 is 1.29 bits per heavy atom. The Labute approximate surface area is 216 Å². The third-order valence-electron chi connectivity index (χ3n) is 9.03. The SMILES string of the molecule is C=CCN1CC[C@]23c4c5cccc4OC2C(N(C)C(=O)Cc2ccc(Cl)c(Cl)c2)CC[C@@]3(O)[C@H]1C5. The Morgan fingerprint density at radius 2 is 2.11 bits per heavy atom. The number of carbonyl (C=O) groups is 1. The molecule has 2 aliphatic carbocycles. The molecule has 5 atom stereocenters. The van der Waals surface area contributed by atoms with Gasteiger partial charge in [0.15, 0.2) is 0 Å². The quantitative estimate of drug-likeness (QED) is 0.603. The van der Waals surface area contributed by atoms with Crippen LogP contribution in [0.3, 0.4) is 0 Å². The van der Waals surface area contributed by atoms with Crippen molar-refractivity contribution in [3.8, 4) is 5.75 Å². The summed E-state index contributed by atoms with van der Waals surface area (Å²) < 4.78 is 6.68. The molecular formula is C28H30Cl2N2O3. The van der Waals surface area contributed by atoms with Crippen LogP contribution < -0.4 is 4.74 Å². The van der Waals surface area contributed by atoms with Crippen molar-refractivity contribution in [2.75, 3.05) is 20.1 Å². The molecule has 2 unspecified atom stereocenters. The first-order valence-corrected chi connectivity index (χ1v) is 13.1. The lowest BCUT2D eigenvalue weighted by Crippen LogP contribution is -2.78. The summed E-state index contributed by atoms with van der Waals surface area (Å²) >= 11 is 12.2. The molecule has 1 spiro atoms. The Bertz CT molecular complexity index is 1220. The molecule has 35 heavy (non-hydrogen) atoms. The Balaban J connectivity index is 1.36. The maximum Gasteiger partial charge on any atom is 0.227 e. The number of ether oxygens (including phenoxy) is 1. The molecule has 1 saturated heterocycles. The molecule has 4 aliphatic rings. The van der Waals surface area contributed by atoms with Gasteiger partial charge in [0.1, 0.15) is 11.9 Å². The van der Waals surface area contributed by atoms with Gasteiger partial charge in [0.2, 0.25) is 5.91 Å². The highest BCUT2D eigenvalue weighted by atomic mass is 35.5. The van der Waals surface area contributed by atoms with E-state index in [4.69, 9.17) is 27.9 Å². The lowest BCUT2D eigenvalue weighted by Gasteiger charge is -2.64. The molecule has 1 N–H and O–H groups in total. The van der Waals surface area contributed by atoms with E-state index in [-0.39, 0.29) is 30.5 Å². The van der Waals surface area contributed by atoms with Gasteiger partial charge in [0.05, 0.1) is 33.5 Å². The molecule has 2 aromatic carbocycles. The number of amides is 1. The molecule has 5 nitrogen and oxygen atoms in total. The van der Waals surface area contributed by atoms with Gasteiger partial charge < -0.3 is 14.7 Å². The van der Waals surface area contributed by atoms with Gasteiger partial charge in [0.25, 0.3) is 0 Å². The molecule has 2 fully saturated rings. The molecule has 0 radical (unpaired) electrons. The summed E-state index contributed by atoms with van der Waals surface area (Å²) in [6.45, 7) is 5.58. The lowest BCUT2D eigenvalue weighted by atomic mass is 9.48. The summed E-state index contributed by atoms with van der Waals surface area (Å²) in [5, 5.41) is 13.4. The number of nitrogens with zero attached hydrogens (tertiary/aromatic N) is 2. The average molecular weight is 513 g/mol. The van der Waals surface area contributed by atoms with Crippen LogP contribution in [0.2, 0.25) is 10.0 Å². The van der Waals surface area contributed by atoms with Crippen LogP contribution in [0.25, 0.3) is 0 Å². The highest BCUT2D eigenvalue weighted by Crippen LogP contribution is 2.64. The number of likely N-dealkylation sites (tertiary alicyclic amines) is 1. The van der Waals surface area contributed by atoms with Crippen LogP contribution in [-0.4, -0.2) is 64.7 Å². The first kappa shape index (κ1) is 23.4. The highest BCUT2D eigenvalue weighted by molar-refractivity contribution is 6.42. The van der Waals surface area contributed by atoms with Crippen molar-refractivity contribution in [1.29, 1.82) is 0 Å². The van der Waals surface area contributed by atoms with Crippen molar-refractivity contribution >= 4 is 29.1 Å². The van der Waals surface area contributed by atoms with Crippen LogP contribution in [0.5, 0.6) is 5.75 Å². The number of piperidine rings is 1. The summed E-state index contributed by atoms with van der Waals surface area (Å²) in [6, 6.07) is 11.5. The number of rotatable bonds is 5. The van der Waals surface area contributed by atoms with Gasteiger partial charge in [-0.2, -0.15) is 0 Å². The monoisotopic (exact) mass is 512 g/mol. The standard InChI is InChI=1S/C28H30Cl2N2O3/c1-3-12-32-13-11-27-25-18-5-4-6-22(25)35-26(27)21(9-10-28(27,34)23(32)16-18)31(2)24(33)15-17-7-8-19(29)20(30)14-17/h3-8,14,21,23,26,34H,1,9-13,15-16H2,2H3/t21?,23-,26?,27+,28-/m1/s1. The fraction of sp³-hybridized carbons (Fsp3) is 0.464. The maximum atomic E-state index is 13.4. The van der Waals surface area contributed by atoms with Crippen LogP contribution in [-0.2, 0) is 23.1 Å². The predicted molar refractivity (Wildman–Crippen MR) is 137 cm³/mol. The fourth-order valence-corrected chi connectivity index (χ4v) is 7.81. The van der Waals surface area contributed by atoms with E-state index in [1.54, 1.807) is 12.1 Å². The van der Waals surface area contributed by atoms with Gasteiger partial charge in [-0.15, -0.1) is 6.58 Å². The third kappa shape index (κ3) is 3.18. The van der Waals surface area contributed by atoms with E-state index in [1.165, 1.54) is 11.1 Å². The topological polar surface area (TPSA) is 53.0 Å². The fourth-order valence-electron chi connectivity index (χ4n) is 7.49. The molecule has 1 saturated carbocycles. The van der Waals surface area contributed by atoms with E-state index >= 15 is 0 Å². The number of carbonyl (C=O) groups excluding carboxylic acids is 1. The van der Waals surface area contributed by atoms with Crippen molar-refractivity contribution in [2.24, 2.45) is 0 Å². The summed E-state index contributed by atoms with van der Waals surface area (Å²) in [4.78, 5) is 17.7. The summed E-state index contributed by atoms with van der Waals surface area (Å²) in [7, 11) is 1.87. The number of likely N-dealkylation sites (N-methyl/N-ethyl adjacent to an activating group) is 1. The zero-order chi connectivity index (χ0) is 24.5. The van der Waals surface area contributed by atoms with E-state index in [9.17, 15) is 9.90 Å². The maximum absolute atomic E-state index is 13.4. The molecule has 2 aromatic rings. The molecular weight excluding hydrogens is 483 g/mol. The molecule has 6 rings (SSSR count). The smallest absolute Gasteiger partial charge is 0.227 e. The Kier molecular flexibility index (Phi) is 5.50. The first-order valence-electron chi connectivity index (χ1n) is 12.4. The lowest BCUT2D eigenvalue weighted by molar-refractivity contribution is -0.198. The van der Waals surface area contributed by atoms with E-state index in [2.05, 4.69) is 17.5 Å². The number of hydrogen-bond donors (Lipinski definition) is 1. The van der Waals surface area contributed by atoms with Gasteiger partial charge in [0, 0.05) is 25.2 Å². The van der Waals surface area contributed by atoms with E-state index in [0.29, 0.717) is 22.9 Å². The largest absolute Gasteiger partial charge is 0.487 e. The van der Waals surface area contributed by atoms with Gasteiger partial charge in [-0.1, -0.05) is 47.5 Å². The number of hydrogen-bond acceptors (Lipinski definition) is 4. The number of aliphatic hydroxyl groups is 1.